The Bertz CT molecular complexity index is 1030. The van der Waals surface area contributed by atoms with E-state index >= 15 is 0 Å². The molecule has 4 aromatic rings. The molecule has 0 saturated heterocycles. The highest BCUT2D eigenvalue weighted by atomic mass is 32.1. The van der Waals surface area contributed by atoms with Crippen LogP contribution in [-0.4, -0.2) is 15.0 Å². The minimum absolute atomic E-state index is 0.592. The van der Waals surface area contributed by atoms with E-state index in [1.807, 2.05) is 36.4 Å². The van der Waals surface area contributed by atoms with E-state index in [1.165, 1.54) is 5.56 Å². The maximum Gasteiger partial charge on any atom is 0.227 e. The lowest BCUT2D eigenvalue weighted by Crippen LogP contribution is -1.99. The van der Waals surface area contributed by atoms with Crippen molar-refractivity contribution < 1.29 is 0 Å². The van der Waals surface area contributed by atoms with E-state index in [4.69, 9.17) is 0 Å². The number of nitrogens with zero attached hydrogens (tertiary/aromatic N) is 3. The number of nitrogens with one attached hydrogen (secondary N) is 2. The van der Waals surface area contributed by atoms with Gasteiger partial charge >= 0.3 is 0 Å². The van der Waals surface area contributed by atoms with E-state index in [-0.39, 0.29) is 0 Å². The number of hydrogen-bond acceptors (Lipinski definition) is 6. The van der Waals surface area contributed by atoms with E-state index < -0.39 is 0 Å². The first-order valence-corrected chi connectivity index (χ1v) is 9.49. The van der Waals surface area contributed by atoms with E-state index in [9.17, 15) is 0 Å². The lowest BCUT2D eigenvalue weighted by Gasteiger charge is -2.06. The summed E-state index contributed by atoms with van der Waals surface area (Å²) in [4.78, 5) is 14.4. The Balaban J connectivity index is 1.46. The Morgan fingerprint density at radius 3 is 2.74 bits per heavy atom. The Hall–Kier alpha value is -3.25. The maximum absolute atomic E-state index is 4.65. The molecule has 0 radical (unpaired) electrons. The number of anilines is 3. The van der Waals surface area contributed by atoms with Gasteiger partial charge in [0.15, 0.2) is 0 Å². The maximum atomic E-state index is 4.65. The third kappa shape index (κ3) is 4.48. The Morgan fingerprint density at radius 2 is 1.89 bits per heavy atom. The fraction of sp³-hybridized carbons (Fsp3) is 0.0952. The monoisotopic (exact) mass is 373 g/mol. The molecule has 0 fully saturated rings. The van der Waals surface area contributed by atoms with Gasteiger partial charge in [-0.05, 0) is 55.0 Å². The van der Waals surface area contributed by atoms with Gasteiger partial charge in [0.2, 0.25) is 5.95 Å². The number of hydrogen-bond donors (Lipinski definition) is 2. The standard InChI is InChI=1S/C21H19N5S/c1-15-5-4-7-16(13-15)25-21-23-12-10-18(26-21)19-8-9-20(27-19)24-14-17-6-2-3-11-22-17/h2-13,24H,14H2,1H3,(H,23,25,26). The van der Waals surface area contributed by atoms with Crippen LogP contribution >= 0.6 is 11.3 Å². The zero-order valence-corrected chi connectivity index (χ0v) is 15.7. The molecule has 0 aliphatic carbocycles. The van der Waals surface area contributed by atoms with Crippen molar-refractivity contribution in [3.05, 3.63) is 84.3 Å². The zero-order chi connectivity index (χ0) is 18.5. The van der Waals surface area contributed by atoms with Gasteiger partial charge in [0.1, 0.15) is 0 Å². The van der Waals surface area contributed by atoms with Crippen LogP contribution in [0.5, 0.6) is 0 Å². The molecular weight excluding hydrogens is 354 g/mol. The molecule has 0 unspecified atom stereocenters. The van der Waals surface area contributed by atoms with Crippen LogP contribution in [0.1, 0.15) is 11.3 Å². The number of aromatic nitrogens is 3. The molecule has 0 spiro atoms. The molecule has 0 saturated carbocycles. The second-order valence-corrected chi connectivity index (χ2v) is 7.18. The summed E-state index contributed by atoms with van der Waals surface area (Å²) in [5.74, 6) is 0.592. The van der Waals surface area contributed by atoms with Crippen LogP contribution in [0.2, 0.25) is 0 Å². The molecule has 4 rings (SSSR count). The van der Waals surface area contributed by atoms with Gasteiger partial charge in [0, 0.05) is 18.1 Å². The third-order valence-corrected chi connectivity index (χ3v) is 5.02. The van der Waals surface area contributed by atoms with Crippen LogP contribution in [0, 0.1) is 6.92 Å². The normalized spacial score (nSPS) is 10.6. The van der Waals surface area contributed by atoms with Gasteiger partial charge in [-0.1, -0.05) is 18.2 Å². The summed E-state index contributed by atoms with van der Waals surface area (Å²) < 4.78 is 0. The smallest absolute Gasteiger partial charge is 0.227 e. The Morgan fingerprint density at radius 1 is 0.926 bits per heavy atom. The summed E-state index contributed by atoms with van der Waals surface area (Å²) in [5, 5.41) is 7.76. The summed E-state index contributed by atoms with van der Waals surface area (Å²) in [6.45, 7) is 2.76. The van der Waals surface area contributed by atoms with Gasteiger partial charge in [0.25, 0.3) is 0 Å². The van der Waals surface area contributed by atoms with Crippen molar-refractivity contribution in [3.63, 3.8) is 0 Å². The minimum Gasteiger partial charge on any atom is -0.371 e. The fourth-order valence-electron chi connectivity index (χ4n) is 2.66. The fourth-order valence-corrected chi connectivity index (χ4v) is 3.53. The topological polar surface area (TPSA) is 62.7 Å². The van der Waals surface area contributed by atoms with Gasteiger partial charge < -0.3 is 10.6 Å². The third-order valence-electron chi connectivity index (χ3n) is 3.96. The second kappa shape index (κ2) is 7.97. The molecule has 3 heterocycles. The molecule has 134 valence electrons. The Kier molecular flexibility index (Phi) is 5.07. The largest absolute Gasteiger partial charge is 0.371 e. The highest BCUT2D eigenvalue weighted by molar-refractivity contribution is 7.19. The highest BCUT2D eigenvalue weighted by Crippen LogP contribution is 2.31. The molecule has 2 N–H and O–H groups in total. The van der Waals surface area contributed by atoms with Crippen LogP contribution < -0.4 is 10.6 Å². The van der Waals surface area contributed by atoms with Crippen LogP contribution in [0.25, 0.3) is 10.6 Å². The van der Waals surface area contributed by atoms with Crippen LogP contribution in [-0.2, 0) is 6.54 Å². The number of thiophene rings is 1. The molecule has 0 atom stereocenters. The SMILES string of the molecule is Cc1cccc(Nc2nccc(-c3ccc(NCc4ccccn4)s3)n2)c1. The number of rotatable bonds is 6. The zero-order valence-electron chi connectivity index (χ0n) is 14.9. The predicted molar refractivity (Wildman–Crippen MR) is 111 cm³/mol. The lowest BCUT2D eigenvalue weighted by molar-refractivity contribution is 1.05. The average molecular weight is 373 g/mol. The molecule has 3 aromatic heterocycles. The molecular formula is C21H19N5S. The van der Waals surface area contributed by atoms with Crippen LogP contribution in [0.3, 0.4) is 0 Å². The molecule has 0 aliphatic rings. The molecule has 0 aliphatic heterocycles. The van der Waals surface area contributed by atoms with Crippen molar-refractivity contribution in [1.82, 2.24) is 15.0 Å². The summed E-state index contributed by atoms with van der Waals surface area (Å²) >= 11 is 1.67. The predicted octanol–water partition coefficient (Wildman–Crippen LogP) is 5.26. The van der Waals surface area contributed by atoms with Crippen molar-refractivity contribution in [2.75, 3.05) is 10.6 Å². The van der Waals surface area contributed by atoms with Gasteiger partial charge in [-0.25, -0.2) is 9.97 Å². The summed E-state index contributed by atoms with van der Waals surface area (Å²) in [7, 11) is 0. The van der Waals surface area contributed by atoms with Crippen LogP contribution in [0.4, 0.5) is 16.6 Å². The number of benzene rings is 1. The summed E-state index contributed by atoms with van der Waals surface area (Å²) in [6.07, 6.45) is 3.59. The van der Waals surface area contributed by atoms with E-state index in [2.05, 4.69) is 56.8 Å². The molecule has 0 bridgehead atoms. The van der Waals surface area contributed by atoms with Crippen molar-refractivity contribution in [3.8, 4) is 10.6 Å². The molecule has 6 heteroatoms. The van der Waals surface area contributed by atoms with Gasteiger partial charge in [-0.2, -0.15) is 0 Å². The molecule has 1 aromatic carbocycles. The van der Waals surface area contributed by atoms with Crippen LogP contribution in [0.15, 0.2) is 73.1 Å². The number of aryl methyl sites for hydroxylation is 1. The first-order valence-electron chi connectivity index (χ1n) is 8.67. The first kappa shape index (κ1) is 17.2. The summed E-state index contributed by atoms with van der Waals surface area (Å²) in [6, 6.07) is 20.1. The van der Waals surface area contributed by atoms with Crippen molar-refractivity contribution >= 4 is 28.0 Å². The number of pyridine rings is 1. The second-order valence-electron chi connectivity index (χ2n) is 6.10. The summed E-state index contributed by atoms with van der Waals surface area (Å²) in [5.41, 5.74) is 4.09. The molecule has 27 heavy (non-hydrogen) atoms. The quantitative estimate of drug-likeness (QED) is 0.482. The lowest BCUT2D eigenvalue weighted by atomic mass is 10.2. The van der Waals surface area contributed by atoms with Crippen molar-refractivity contribution in [2.24, 2.45) is 0 Å². The van der Waals surface area contributed by atoms with Crippen molar-refractivity contribution in [2.45, 2.75) is 13.5 Å². The average Bonchev–Trinajstić information content (AvgIpc) is 3.17. The van der Waals surface area contributed by atoms with E-state index in [0.717, 1.165) is 27.0 Å². The van der Waals surface area contributed by atoms with Crippen molar-refractivity contribution in [1.29, 1.82) is 0 Å². The highest BCUT2D eigenvalue weighted by Gasteiger charge is 2.07. The molecule has 0 amide bonds. The Labute approximate surface area is 162 Å². The van der Waals surface area contributed by atoms with Gasteiger partial charge in [-0.3, -0.25) is 4.98 Å². The molecule has 5 nitrogen and oxygen atoms in total. The first-order chi connectivity index (χ1) is 13.3. The van der Waals surface area contributed by atoms with Gasteiger partial charge in [0.05, 0.1) is 27.8 Å². The van der Waals surface area contributed by atoms with E-state index in [1.54, 1.807) is 23.7 Å². The minimum atomic E-state index is 0.592. The van der Waals surface area contributed by atoms with E-state index in [0.29, 0.717) is 12.5 Å². The van der Waals surface area contributed by atoms with Gasteiger partial charge in [-0.15, -0.1) is 11.3 Å².